The second-order valence-electron chi connectivity index (χ2n) is 5.09. The number of nitrogens with zero attached hydrogens (tertiary/aromatic N) is 4. The summed E-state index contributed by atoms with van der Waals surface area (Å²) in [5, 5.41) is 12.3. The van der Waals surface area contributed by atoms with Gasteiger partial charge in [-0.05, 0) is 32.3 Å². The number of carbonyl (C=O) groups is 1. The zero-order valence-corrected chi connectivity index (χ0v) is 14.9. The lowest BCUT2D eigenvalue weighted by atomic mass is 10.3. The molecule has 24 heavy (non-hydrogen) atoms. The molecule has 130 valence electrons. The van der Waals surface area contributed by atoms with E-state index in [0.29, 0.717) is 22.3 Å². The predicted octanol–water partition coefficient (Wildman–Crippen LogP) is 3.04. The summed E-state index contributed by atoms with van der Waals surface area (Å²) >= 11 is 12.0. The standard InChI is InChI=1S/C14H17Cl2N5O3/c1-20(2)4-5-21-18-12(13(19-21)24-14(22)23-3)17-11-7-9(15)6-10(16)8-11/h6-8H,4-5H2,1-3H3,(H,17,18). The number of benzene rings is 1. The SMILES string of the molecule is COC(=O)Oc1nn(CCN(C)C)nc1Nc1cc(Cl)cc(Cl)c1. The molecule has 0 saturated carbocycles. The average molecular weight is 374 g/mol. The van der Waals surface area contributed by atoms with E-state index >= 15 is 0 Å². The van der Waals surface area contributed by atoms with Gasteiger partial charge in [0.05, 0.1) is 13.7 Å². The number of methoxy groups -OCH3 is 1. The highest BCUT2D eigenvalue weighted by Crippen LogP contribution is 2.28. The van der Waals surface area contributed by atoms with Crippen molar-refractivity contribution >= 4 is 40.9 Å². The van der Waals surface area contributed by atoms with Crippen molar-refractivity contribution in [1.29, 1.82) is 0 Å². The van der Waals surface area contributed by atoms with Gasteiger partial charge in [-0.1, -0.05) is 23.2 Å². The molecule has 0 radical (unpaired) electrons. The Balaban J connectivity index is 2.25. The van der Waals surface area contributed by atoms with Gasteiger partial charge in [0.25, 0.3) is 5.88 Å². The molecular weight excluding hydrogens is 357 g/mol. The monoisotopic (exact) mass is 373 g/mol. The fourth-order valence-corrected chi connectivity index (χ4v) is 2.28. The molecule has 0 saturated heterocycles. The summed E-state index contributed by atoms with van der Waals surface area (Å²) in [5.74, 6) is 0.245. The number of carbonyl (C=O) groups excluding carboxylic acids is 1. The zero-order valence-electron chi connectivity index (χ0n) is 13.4. The number of anilines is 2. The van der Waals surface area contributed by atoms with Crippen LogP contribution in [-0.4, -0.2) is 53.8 Å². The molecule has 0 aliphatic carbocycles. The van der Waals surface area contributed by atoms with Crippen molar-refractivity contribution in [2.45, 2.75) is 6.54 Å². The van der Waals surface area contributed by atoms with E-state index in [4.69, 9.17) is 27.9 Å². The van der Waals surface area contributed by atoms with Crippen LogP contribution in [0.4, 0.5) is 16.3 Å². The maximum atomic E-state index is 11.4. The number of hydrogen-bond acceptors (Lipinski definition) is 7. The number of nitrogens with one attached hydrogen (secondary N) is 1. The maximum Gasteiger partial charge on any atom is 0.515 e. The Hall–Kier alpha value is -2.03. The van der Waals surface area contributed by atoms with Crippen LogP contribution in [0.1, 0.15) is 0 Å². The number of likely N-dealkylation sites (N-methyl/N-ethyl adjacent to an activating group) is 1. The number of halogens is 2. The van der Waals surface area contributed by atoms with E-state index in [9.17, 15) is 4.79 Å². The second kappa shape index (κ2) is 8.18. The third-order valence-electron chi connectivity index (χ3n) is 2.84. The van der Waals surface area contributed by atoms with Gasteiger partial charge in [0.1, 0.15) is 0 Å². The lowest BCUT2D eigenvalue weighted by Gasteiger charge is -2.07. The molecule has 0 aliphatic rings. The first-order chi connectivity index (χ1) is 11.4. The van der Waals surface area contributed by atoms with E-state index < -0.39 is 6.16 Å². The summed E-state index contributed by atoms with van der Waals surface area (Å²) in [4.78, 5) is 14.8. The molecule has 0 atom stereocenters. The predicted molar refractivity (Wildman–Crippen MR) is 91.4 cm³/mol. The first-order valence-corrected chi connectivity index (χ1v) is 7.71. The normalized spacial score (nSPS) is 10.8. The van der Waals surface area contributed by atoms with Crippen LogP contribution in [0.5, 0.6) is 5.88 Å². The van der Waals surface area contributed by atoms with Gasteiger partial charge in [-0.2, -0.15) is 4.80 Å². The van der Waals surface area contributed by atoms with Crippen LogP contribution in [-0.2, 0) is 11.3 Å². The molecule has 2 rings (SSSR count). The molecule has 1 aromatic carbocycles. The number of aromatic nitrogens is 3. The highest BCUT2D eigenvalue weighted by atomic mass is 35.5. The first kappa shape index (κ1) is 18.3. The van der Waals surface area contributed by atoms with E-state index in [-0.39, 0.29) is 11.7 Å². The highest BCUT2D eigenvalue weighted by molar-refractivity contribution is 6.35. The summed E-state index contributed by atoms with van der Waals surface area (Å²) in [6.07, 6.45) is -0.887. The van der Waals surface area contributed by atoms with Crippen LogP contribution in [0.15, 0.2) is 18.2 Å². The van der Waals surface area contributed by atoms with Gasteiger partial charge in [-0.3, -0.25) is 0 Å². The smallest absolute Gasteiger partial charge is 0.437 e. The van der Waals surface area contributed by atoms with Gasteiger partial charge >= 0.3 is 6.16 Å². The van der Waals surface area contributed by atoms with E-state index in [1.54, 1.807) is 18.2 Å². The van der Waals surface area contributed by atoms with E-state index in [2.05, 4.69) is 20.3 Å². The van der Waals surface area contributed by atoms with Crippen molar-refractivity contribution in [2.24, 2.45) is 0 Å². The van der Waals surface area contributed by atoms with Crippen LogP contribution in [0, 0.1) is 0 Å². The van der Waals surface area contributed by atoms with Crippen LogP contribution < -0.4 is 10.1 Å². The molecule has 0 bridgehead atoms. The Morgan fingerprint density at radius 2 is 1.92 bits per heavy atom. The topological polar surface area (TPSA) is 81.5 Å². The van der Waals surface area contributed by atoms with Gasteiger partial charge in [-0.25, -0.2) is 4.79 Å². The van der Waals surface area contributed by atoms with Crippen molar-refractivity contribution in [2.75, 3.05) is 33.1 Å². The van der Waals surface area contributed by atoms with Gasteiger partial charge in [0.2, 0.25) is 5.82 Å². The summed E-state index contributed by atoms with van der Waals surface area (Å²) in [7, 11) is 5.08. The Kier molecular flexibility index (Phi) is 6.24. The van der Waals surface area contributed by atoms with Crippen LogP contribution in [0.3, 0.4) is 0 Å². The van der Waals surface area contributed by atoms with E-state index in [1.807, 2.05) is 19.0 Å². The molecule has 0 aliphatic heterocycles. The molecule has 0 fully saturated rings. The summed E-state index contributed by atoms with van der Waals surface area (Å²) in [6, 6.07) is 4.93. The molecular formula is C14H17Cl2N5O3. The third-order valence-corrected chi connectivity index (χ3v) is 3.28. The zero-order chi connectivity index (χ0) is 17.7. The van der Waals surface area contributed by atoms with Gasteiger partial charge in [0, 0.05) is 22.3 Å². The second-order valence-corrected chi connectivity index (χ2v) is 5.97. The Bertz CT molecular complexity index is 700. The number of rotatable bonds is 6. The quantitative estimate of drug-likeness (QED) is 0.779. The van der Waals surface area contributed by atoms with Crippen LogP contribution in [0.2, 0.25) is 10.0 Å². The summed E-state index contributed by atoms with van der Waals surface area (Å²) < 4.78 is 9.51. The third kappa shape index (κ3) is 5.26. The molecule has 8 nitrogen and oxygen atoms in total. The minimum absolute atomic E-state index is 0.00305. The Morgan fingerprint density at radius 1 is 1.25 bits per heavy atom. The first-order valence-electron chi connectivity index (χ1n) is 6.96. The minimum Gasteiger partial charge on any atom is -0.437 e. The van der Waals surface area contributed by atoms with E-state index in [1.165, 1.54) is 11.9 Å². The minimum atomic E-state index is -0.887. The largest absolute Gasteiger partial charge is 0.515 e. The lowest BCUT2D eigenvalue weighted by Crippen LogP contribution is -2.19. The fraction of sp³-hybridized carbons (Fsp3) is 0.357. The van der Waals surface area contributed by atoms with Crippen molar-refractivity contribution in [1.82, 2.24) is 19.9 Å². The molecule has 1 aromatic heterocycles. The summed E-state index contributed by atoms with van der Waals surface area (Å²) in [5.41, 5.74) is 0.585. The molecule has 0 spiro atoms. The van der Waals surface area contributed by atoms with Gasteiger partial charge in [0.15, 0.2) is 0 Å². The van der Waals surface area contributed by atoms with Gasteiger partial charge in [-0.15, -0.1) is 10.2 Å². The number of ether oxygens (including phenoxy) is 2. The average Bonchev–Trinajstić information content (AvgIpc) is 2.85. The lowest BCUT2D eigenvalue weighted by molar-refractivity contribution is 0.119. The Labute approximate surface area is 149 Å². The molecule has 2 aromatic rings. The number of hydrogen-bond donors (Lipinski definition) is 1. The van der Waals surface area contributed by atoms with Crippen molar-refractivity contribution in [3.63, 3.8) is 0 Å². The van der Waals surface area contributed by atoms with Gasteiger partial charge < -0.3 is 19.7 Å². The maximum absolute atomic E-state index is 11.4. The highest BCUT2D eigenvalue weighted by Gasteiger charge is 2.17. The molecule has 1 heterocycles. The van der Waals surface area contributed by atoms with Crippen molar-refractivity contribution in [3.8, 4) is 5.88 Å². The molecule has 0 amide bonds. The Morgan fingerprint density at radius 3 is 2.50 bits per heavy atom. The molecule has 0 unspecified atom stereocenters. The summed E-state index contributed by atoms with van der Waals surface area (Å²) in [6.45, 7) is 1.23. The molecule has 1 N–H and O–H groups in total. The van der Waals surface area contributed by atoms with Crippen LogP contribution >= 0.6 is 23.2 Å². The van der Waals surface area contributed by atoms with Crippen molar-refractivity contribution in [3.05, 3.63) is 28.2 Å². The van der Waals surface area contributed by atoms with E-state index in [0.717, 1.165) is 6.54 Å². The molecule has 10 heteroatoms. The fourth-order valence-electron chi connectivity index (χ4n) is 1.75. The van der Waals surface area contributed by atoms with Crippen LogP contribution in [0.25, 0.3) is 0 Å². The van der Waals surface area contributed by atoms with Crippen molar-refractivity contribution < 1.29 is 14.3 Å².